The van der Waals surface area contributed by atoms with Crippen molar-refractivity contribution in [2.45, 2.75) is 115 Å². The summed E-state index contributed by atoms with van der Waals surface area (Å²) in [4.78, 5) is 31.3. The van der Waals surface area contributed by atoms with Crippen LogP contribution in [0.5, 0.6) is 0 Å². The van der Waals surface area contributed by atoms with Gasteiger partial charge in [0.2, 0.25) is 5.91 Å². The molecular formula is C24H44N4O2. The van der Waals surface area contributed by atoms with E-state index in [-0.39, 0.29) is 6.04 Å². The summed E-state index contributed by atoms with van der Waals surface area (Å²) in [6, 6.07) is 0.123. The third-order valence-electron chi connectivity index (χ3n) is 6.88. The smallest absolute Gasteiger partial charge is 0.222 e. The van der Waals surface area contributed by atoms with E-state index in [1.165, 1.54) is 32.1 Å². The Balaban J connectivity index is 1.84. The topological polar surface area (TPSA) is 87.8 Å². The number of nitrogens with zero attached hydrogens (tertiary/aromatic N) is 2. The number of amides is 1. The molecule has 0 aromatic rings. The molecule has 30 heavy (non-hydrogen) atoms. The fourth-order valence-corrected chi connectivity index (χ4v) is 4.88. The molecule has 0 bridgehead atoms. The first-order chi connectivity index (χ1) is 14.5. The molecule has 1 heterocycles. The van der Waals surface area contributed by atoms with E-state index >= 15 is 0 Å². The van der Waals surface area contributed by atoms with Crippen molar-refractivity contribution in [3.05, 3.63) is 0 Å². The van der Waals surface area contributed by atoms with Crippen molar-refractivity contribution in [1.29, 1.82) is 0 Å². The van der Waals surface area contributed by atoms with Gasteiger partial charge in [0.05, 0.1) is 11.6 Å². The van der Waals surface area contributed by atoms with E-state index < -0.39 is 5.54 Å². The normalized spacial score (nSPS) is 19.7. The number of likely N-dealkylation sites (tertiary alicyclic amines) is 1. The van der Waals surface area contributed by atoms with Gasteiger partial charge in [-0.25, -0.2) is 4.99 Å². The fourth-order valence-electron chi connectivity index (χ4n) is 4.88. The third kappa shape index (κ3) is 7.92. The maximum atomic E-state index is 12.6. The molecular weight excluding hydrogens is 376 g/mol. The number of aldehydes is 1. The third-order valence-corrected chi connectivity index (χ3v) is 6.88. The van der Waals surface area contributed by atoms with Crippen LogP contribution in [0, 0.1) is 5.92 Å². The Kier molecular flexibility index (Phi) is 10.7. The SMILES string of the molecule is CCCCC(C=O)(CCCC)NC(N)=NC1CCN(C(=O)CC2CCCCC2)CC1. The van der Waals surface area contributed by atoms with E-state index in [1.54, 1.807) is 0 Å². The van der Waals surface area contributed by atoms with Gasteiger partial charge in [0.25, 0.3) is 0 Å². The summed E-state index contributed by atoms with van der Waals surface area (Å²) in [5.41, 5.74) is 5.63. The molecule has 2 aliphatic rings. The average Bonchev–Trinajstić information content (AvgIpc) is 2.77. The van der Waals surface area contributed by atoms with Crippen LogP contribution in [0.25, 0.3) is 0 Å². The van der Waals surface area contributed by atoms with Crippen LogP contribution in [-0.4, -0.2) is 47.7 Å². The Morgan fingerprint density at radius 3 is 2.20 bits per heavy atom. The van der Waals surface area contributed by atoms with Crippen LogP contribution in [0.3, 0.4) is 0 Å². The van der Waals surface area contributed by atoms with Gasteiger partial charge in [0.15, 0.2) is 5.96 Å². The van der Waals surface area contributed by atoms with Crippen molar-refractivity contribution in [3.63, 3.8) is 0 Å². The van der Waals surface area contributed by atoms with Gasteiger partial charge in [-0.15, -0.1) is 0 Å². The van der Waals surface area contributed by atoms with Gasteiger partial charge in [-0.05, 0) is 44.4 Å². The van der Waals surface area contributed by atoms with Crippen LogP contribution in [-0.2, 0) is 9.59 Å². The average molecular weight is 421 g/mol. The lowest BCUT2D eigenvalue weighted by molar-refractivity contribution is -0.133. The molecule has 1 saturated carbocycles. The Morgan fingerprint density at radius 1 is 1.07 bits per heavy atom. The zero-order valence-electron chi connectivity index (χ0n) is 19.3. The zero-order chi connectivity index (χ0) is 21.8. The number of carbonyl (C=O) groups is 2. The van der Waals surface area contributed by atoms with E-state index in [1.807, 2.05) is 4.90 Å². The van der Waals surface area contributed by atoms with Gasteiger partial charge in [-0.1, -0.05) is 58.8 Å². The van der Waals surface area contributed by atoms with Crippen molar-refractivity contribution in [3.8, 4) is 0 Å². The second-order valence-electron chi connectivity index (χ2n) is 9.44. The lowest BCUT2D eigenvalue weighted by Gasteiger charge is -2.33. The summed E-state index contributed by atoms with van der Waals surface area (Å²) in [5.74, 6) is 1.28. The minimum atomic E-state index is -0.601. The van der Waals surface area contributed by atoms with Crippen LogP contribution < -0.4 is 11.1 Å². The highest BCUT2D eigenvalue weighted by atomic mass is 16.2. The molecule has 172 valence electrons. The molecule has 0 aromatic carbocycles. The summed E-state index contributed by atoms with van der Waals surface area (Å²) in [6.07, 6.45) is 15.4. The first-order valence-corrected chi connectivity index (χ1v) is 12.4. The van der Waals surface area contributed by atoms with Crippen LogP contribution in [0.4, 0.5) is 0 Å². The highest BCUT2D eigenvalue weighted by Gasteiger charge is 2.30. The van der Waals surface area contributed by atoms with Crippen molar-refractivity contribution in [2.75, 3.05) is 13.1 Å². The molecule has 1 amide bonds. The van der Waals surface area contributed by atoms with Crippen LogP contribution >= 0.6 is 0 Å². The standard InChI is InChI=1S/C24H44N4O2/c1-3-5-14-24(19-29,15-6-4-2)27-23(25)26-21-12-16-28(17-13-21)22(30)18-20-10-8-7-9-11-20/h19-21H,3-18H2,1-2H3,(H3,25,26,27). The van der Waals surface area contributed by atoms with Gasteiger partial charge in [0, 0.05) is 19.5 Å². The lowest BCUT2D eigenvalue weighted by Crippen LogP contribution is -2.53. The molecule has 3 N–H and O–H groups in total. The monoisotopic (exact) mass is 420 g/mol. The minimum Gasteiger partial charge on any atom is -0.370 e. The predicted molar refractivity (Wildman–Crippen MR) is 123 cm³/mol. The van der Waals surface area contributed by atoms with Crippen molar-refractivity contribution in [1.82, 2.24) is 10.2 Å². The highest BCUT2D eigenvalue weighted by Crippen LogP contribution is 2.27. The van der Waals surface area contributed by atoms with Gasteiger partial charge in [-0.2, -0.15) is 0 Å². The Bertz CT molecular complexity index is 541. The van der Waals surface area contributed by atoms with Gasteiger partial charge < -0.3 is 20.7 Å². The summed E-state index contributed by atoms with van der Waals surface area (Å²) in [5, 5.41) is 3.26. The van der Waals surface area contributed by atoms with E-state index in [0.29, 0.717) is 24.2 Å². The number of hydrogen-bond acceptors (Lipinski definition) is 3. The predicted octanol–water partition coefficient (Wildman–Crippen LogP) is 4.17. The number of unbranched alkanes of at least 4 members (excludes halogenated alkanes) is 2. The number of nitrogens with two attached hydrogens (primary N) is 1. The van der Waals surface area contributed by atoms with E-state index in [9.17, 15) is 9.59 Å². The fraction of sp³-hybridized carbons (Fsp3) is 0.875. The molecule has 6 heteroatoms. The number of rotatable bonds is 11. The summed E-state index contributed by atoms with van der Waals surface area (Å²) >= 11 is 0. The second kappa shape index (κ2) is 13.0. The zero-order valence-corrected chi connectivity index (χ0v) is 19.3. The molecule has 0 atom stereocenters. The number of hydrogen-bond donors (Lipinski definition) is 2. The minimum absolute atomic E-state index is 0.123. The molecule has 2 rings (SSSR count). The number of piperidine rings is 1. The van der Waals surface area contributed by atoms with Gasteiger partial charge in [0.1, 0.15) is 6.29 Å². The number of nitrogens with one attached hydrogen (secondary N) is 1. The summed E-state index contributed by atoms with van der Waals surface area (Å²) in [6.45, 7) is 5.79. The number of carbonyl (C=O) groups excluding carboxylic acids is 2. The van der Waals surface area contributed by atoms with E-state index in [2.05, 4.69) is 24.2 Å². The van der Waals surface area contributed by atoms with Crippen LogP contribution in [0.2, 0.25) is 0 Å². The van der Waals surface area contributed by atoms with E-state index in [0.717, 1.165) is 70.7 Å². The molecule has 0 radical (unpaired) electrons. The maximum absolute atomic E-state index is 12.6. The number of guanidine groups is 1. The Labute approximate surface area is 183 Å². The quantitative estimate of drug-likeness (QED) is 0.298. The van der Waals surface area contributed by atoms with Gasteiger partial charge in [-0.3, -0.25) is 4.79 Å². The maximum Gasteiger partial charge on any atom is 0.222 e. The van der Waals surface area contributed by atoms with Crippen molar-refractivity contribution >= 4 is 18.2 Å². The van der Waals surface area contributed by atoms with Crippen LogP contribution in [0.15, 0.2) is 4.99 Å². The highest BCUT2D eigenvalue weighted by molar-refractivity contribution is 5.83. The summed E-state index contributed by atoms with van der Waals surface area (Å²) in [7, 11) is 0. The second-order valence-corrected chi connectivity index (χ2v) is 9.44. The molecule has 2 fully saturated rings. The summed E-state index contributed by atoms with van der Waals surface area (Å²) < 4.78 is 0. The molecule has 1 aliphatic heterocycles. The number of aliphatic imine (C=N–C) groups is 1. The molecule has 0 aromatic heterocycles. The van der Waals surface area contributed by atoms with Crippen molar-refractivity contribution in [2.24, 2.45) is 16.6 Å². The van der Waals surface area contributed by atoms with Crippen LogP contribution in [0.1, 0.15) is 104 Å². The first-order valence-electron chi connectivity index (χ1n) is 12.4. The largest absolute Gasteiger partial charge is 0.370 e. The molecule has 0 unspecified atom stereocenters. The first kappa shape index (κ1) is 24.7. The molecule has 6 nitrogen and oxygen atoms in total. The molecule has 1 aliphatic carbocycles. The lowest BCUT2D eigenvalue weighted by atomic mass is 9.86. The molecule has 0 spiro atoms. The van der Waals surface area contributed by atoms with Gasteiger partial charge >= 0.3 is 0 Å². The molecule has 1 saturated heterocycles. The Hall–Kier alpha value is -1.59. The van der Waals surface area contributed by atoms with Crippen molar-refractivity contribution < 1.29 is 9.59 Å². The van der Waals surface area contributed by atoms with E-state index in [4.69, 9.17) is 5.73 Å². The Morgan fingerprint density at radius 2 is 1.67 bits per heavy atom.